The average Bonchev–Trinajstić information content (AvgIpc) is 2.75. The fraction of sp³-hybridized carbons (Fsp3) is 0.867. The zero-order valence-electron chi connectivity index (χ0n) is 12.3. The smallest absolute Gasteiger partial charge is 0.146 e. The molecular weight excluding hydrogens is 250 g/mol. The van der Waals surface area contributed by atoms with Crippen LogP contribution in [0, 0.1) is 29.6 Å². The first-order chi connectivity index (χ1) is 9.74. The van der Waals surface area contributed by atoms with Crippen LogP contribution in [0.1, 0.15) is 37.8 Å². The molecule has 4 aliphatic carbocycles. The van der Waals surface area contributed by atoms with E-state index in [0.717, 1.165) is 47.6 Å². The summed E-state index contributed by atoms with van der Waals surface area (Å²) >= 11 is 0. The van der Waals surface area contributed by atoms with Crippen molar-refractivity contribution in [1.29, 1.82) is 0 Å². The minimum Gasteiger partial charge on any atom is -0.382 e. The molecule has 4 aliphatic rings. The Bertz CT molecular complexity index is 466. The van der Waals surface area contributed by atoms with E-state index in [1.165, 1.54) is 32.1 Å². The molecule has 110 valence electrons. The maximum atomic E-state index is 6.19. The maximum Gasteiger partial charge on any atom is 0.146 e. The van der Waals surface area contributed by atoms with Crippen molar-refractivity contribution in [3.63, 3.8) is 0 Å². The SMILES string of the molecule is CNCc1nnn(CC2C3CC4CC(C3)CC2C4)c1N. The van der Waals surface area contributed by atoms with Crippen molar-refractivity contribution in [3.8, 4) is 0 Å². The minimum absolute atomic E-state index is 0.702. The van der Waals surface area contributed by atoms with E-state index in [-0.39, 0.29) is 0 Å². The first-order valence-electron chi connectivity index (χ1n) is 8.07. The number of nitrogen functional groups attached to an aromatic ring is 1. The Hall–Kier alpha value is -1.10. The van der Waals surface area contributed by atoms with E-state index in [1.807, 2.05) is 11.7 Å². The van der Waals surface area contributed by atoms with Gasteiger partial charge in [-0.15, -0.1) is 5.10 Å². The highest BCUT2D eigenvalue weighted by Gasteiger charge is 2.48. The Kier molecular flexibility index (Phi) is 2.98. The fourth-order valence-electron chi connectivity index (χ4n) is 5.32. The number of aromatic nitrogens is 3. The lowest BCUT2D eigenvalue weighted by Gasteiger charge is -2.54. The third kappa shape index (κ3) is 1.94. The largest absolute Gasteiger partial charge is 0.382 e. The number of nitrogens with one attached hydrogen (secondary N) is 1. The highest BCUT2D eigenvalue weighted by Crippen LogP contribution is 2.56. The molecule has 4 bridgehead atoms. The predicted molar refractivity (Wildman–Crippen MR) is 77.7 cm³/mol. The number of nitrogens with two attached hydrogens (primary N) is 1. The summed E-state index contributed by atoms with van der Waals surface area (Å²) in [7, 11) is 1.91. The van der Waals surface area contributed by atoms with Crippen LogP contribution >= 0.6 is 0 Å². The van der Waals surface area contributed by atoms with Gasteiger partial charge in [0.15, 0.2) is 0 Å². The normalized spacial score (nSPS) is 38.5. The van der Waals surface area contributed by atoms with Gasteiger partial charge in [0.25, 0.3) is 0 Å². The zero-order chi connectivity index (χ0) is 13.7. The molecule has 0 atom stereocenters. The van der Waals surface area contributed by atoms with Crippen molar-refractivity contribution in [2.75, 3.05) is 12.8 Å². The summed E-state index contributed by atoms with van der Waals surface area (Å²) in [6, 6.07) is 0. The van der Waals surface area contributed by atoms with Gasteiger partial charge in [0.05, 0.1) is 0 Å². The number of nitrogens with zero attached hydrogens (tertiary/aromatic N) is 3. The van der Waals surface area contributed by atoms with Gasteiger partial charge in [0.1, 0.15) is 11.5 Å². The van der Waals surface area contributed by atoms with Crippen LogP contribution in [-0.4, -0.2) is 22.0 Å². The predicted octanol–water partition coefficient (Wildman–Crippen LogP) is 1.65. The van der Waals surface area contributed by atoms with Gasteiger partial charge in [-0.1, -0.05) is 5.21 Å². The number of hydrogen-bond acceptors (Lipinski definition) is 4. The Labute approximate surface area is 120 Å². The Balaban J connectivity index is 1.52. The number of anilines is 1. The van der Waals surface area contributed by atoms with E-state index in [0.29, 0.717) is 6.54 Å². The van der Waals surface area contributed by atoms with Gasteiger partial charge in [-0.2, -0.15) is 0 Å². The molecule has 1 aromatic rings. The molecule has 5 rings (SSSR count). The molecule has 20 heavy (non-hydrogen) atoms. The molecular formula is C15H25N5. The third-order valence-electron chi connectivity index (χ3n) is 6.00. The molecule has 3 N–H and O–H groups in total. The lowest BCUT2D eigenvalue weighted by atomic mass is 9.52. The quantitative estimate of drug-likeness (QED) is 0.876. The fourth-order valence-corrected chi connectivity index (χ4v) is 5.32. The van der Waals surface area contributed by atoms with Crippen molar-refractivity contribution in [1.82, 2.24) is 20.3 Å². The van der Waals surface area contributed by atoms with Crippen LogP contribution in [0.25, 0.3) is 0 Å². The average molecular weight is 275 g/mol. The lowest BCUT2D eigenvalue weighted by molar-refractivity contribution is -0.0441. The molecule has 0 aromatic carbocycles. The van der Waals surface area contributed by atoms with Crippen LogP contribution in [0.15, 0.2) is 0 Å². The molecule has 4 fully saturated rings. The summed E-state index contributed by atoms with van der Waals surface area (Å²) in [5.41, 5.74) is 7.08. The summed E-state index contributed by atoms with van der Waals surface area (Å²) in [5, 5.41) is 11.6. The topological polar surface area (TPSA) is 68.8 Å². The van der Waals surface area contributed by atoms with Crippen molar-refractivity contribution in [2.45, 2.75) is 45.2 Å². The van der Waals surface area contributed by atoms with Crippen LogP contribution in [0.2, 0.25) is 0 Å². The second-order valence-corrected chi connectivity index (χ2v) is 7.23. The van der Waals surface area contributed by atoms with Crippen LogP contribution in [-0.2, 0) is 13.1 Å². The van der Waals surface area contributed by atoms with Crippen LogP contribution in [0.4, 0.5) is 5.82 Å². The van der Waals surface area contributed by atoms with E-state index < -0.39 is 0 Å². The van der Waals surface area contributed by atoms with E-state index in [4.69, 9.17) is 5.73 Å². The van der Waals surface area contributed by atoms with E-state index in [9.17, 15) is 0 Å². The van der Waals surface area contributed by atoms with E-state index in [1.54, 1.807) is 0 Å². The first-order valence-corrected chi connectivity index (χ1v) is 8.07. The van der Waals surface area contributed by atoms with Gasteiger partial charge in [-0.05, 0) is 68.7 Å². The molecule has 4 saturated carbocycles. The van der Waals surface area contributed by atoms with Crippen molar-refractivity contribution in [3.05, 3.63) is 5.69 Å². The molecule has 0 amide bonds. The molecule has 0 unspecified atom stereocenters. The molecule has 0 saturated heterocycles. The zero-order valence-corrected chi connectivity index (χ0v) is 12.3. The highest BCUT2D eigenvalue weighted by molar-refractivity contribution is 5.33. The maximum absolute atomic E-state index is 6.19. The Morgan fingerprint density at radius 2 is 1.80 bits per heavy atom. The molecule has 0 radical (unpaired) electrons. The molecule has 0 aliphatic heterocycles. The van der Waals surface area contributed by atoms with Crippen molar-refractivity contribution < 1.29 is 0 Å². The van der Waals surface area contributed by atoms with Gasteiger partial charge in [0, 0.05) is 13.1 Å². The van der Waals surface area contributed by atoms with Gasteiger partial charge in [-0.25, -0.2) is 4.68 Å². The molecule has 1 heterocycles. The van der Waals surface area contributed by atoms with Crippen molar-refractivity contribution in [2.24, 2.45) is 29.6 Å². The Morgan fingerprint density at radius 1 is 1.15 bits per heavy atom. The number of rotatable bonds is 4. The van der Waals surface area contributed by atoms with E-state index >= 15 is 0 Å². The Morgan fingerprint density at radius 3 is 2.40 bits per heavy atom. The second-order valence-electron chi connectivity index (χ2n) is 7.23. The summed E-state index contributed by atoms with van der Waals surface area (Å²) in [6.07, 6.45) is 7.33. The summed E-state index contributed by atoms with van der Waals surface area (Å²) < 4.78 is 1.96. The standard InChI is InChI=1S/C15H25N5/c1-17-7-14-15(16)20(19-18-14)8-13-11-3-9-2-10(5-11)6-12(13)4-9/h9-13,17H,2-8,16H2,1H3. The van der Waals surface area contributed by atoms with Crippen molar-refractivity contribution >= 4 is 5.82 Å². The molecule has 5 heteroatoms. The van der Waals surface area contributed by atoms with Gasteiger partial charge in [0.2, 0.25) is 0 Å². The summed E-state index contributed by atoms with van der Waals surface area (Å²) in [5.74, 6) is 5.44. The third-order valence-corrected chi connectivity index (χ3v) is 6.00. The van der Waals surface area contributed by atoms with Crippen LogP contribution < -0.4 is 11.1 Å². The number of hydrogen-bond donors (Lipinski definition) is 2. The molecule has 5 nitrogen and oxygen atoms in total. The van der Waals surface area contributed by atoms with Crippen LogP contribution in [0.5, 0.6) is 0 Å². The summed E-state index contributed by atoms with van der Waals surface area (Å²) in [4.78, 5) is 0. The van der Waals surface area contributed by atoms with Gasteiger partial charge >= 0.3 is 0 Å². The molecule has 0 spiro atoms. The van der Waals surface area contributed by atoms with Crippen LogP contribution in [0.3, 0.4) is 0 Å². The lowest BCUT2D eigenvalue weighted by Crippen LogP contribution is -2.46. The molecule has 1 aromatic heterocycles. The second kappa shape index (κ2) is 4.72. The minimum atomic E-state index is 0.702. The highest BCUT2D eigenvalue weighted by atomic mass is 15.5. The van der Waals surface area contributed by atoms with E-state index in [2.05, 4.69) is 15.6 Å². The first kappa shape index (κ1) is 12.6. The van der Waals surface area contributed by atoms with Gasteiger partial charge < -0.3 is 11.1 Å². The summed E-state index contributed by atoms with van der Waals surface area (Å²) in [6.45, 7) is 1.69. The monoisotopic (exact) mass is 275 g/mol. The van der Waals surface area contributed by atoms with Gasteiger partial charge in [-0.3, -0.25) is 0 Å².